The molecule has 0 fully saturated rings. The minimum atomic E-state index is -0.115. The molecule has 1 atom stereocenters. The zero-order valence-electron chi connectivity index (χ0n) is 11.4. The number of nitrogen functional groups attached to an aromatic ring is 1. The maximum absolute atomic E-state index is 5.74. The average molecular weight is 272 g/mol. The Morgan fingerprint density at radius 2 is 2.30 bits per heavy atom. The first kappa shape index (κ1) is 12.6. The van der Waals surface area contributed by atoms with Crippen LogP contribution in [0.4, 0.5) is 5.95 Å². The number of aromatic nitrogens is 5. The van der Waals surface area contributed by atoms with Gasteiger partial charge in [-0.3, -0.25) is 0 Å². The largest absolute Gasteiger partial charge is 0.367 e. The second kappa shape index (κ2) is 4.93. The number of anilines is 1. The third-order valence-corrected chi connectivity index (χ3v) is 3.06. The number of fused-ring (bicyclic) bond motifs is 1. The predicted molar refractivity (Wildman–Crippen MR) is 75.0 cm³/mol. The molecule has 20 heavy (non-hydrogen) atoms. The molecule has 3 rings (SSSR count). The fourth-order valence-electron chi connectivity index (χ4n) is 2.14. The van der Waals surface area contributed by atoms with Crippen molar-refractivity contribution >= 4 is 11.5 Å². The molecule has 7 nitrogen and oxygen atoms in total. The van der Waals surface area contributed by atoms with Crippen LogP contribution in [0, 0.1) is 0 Å². The van der Waals surface area contributed by atoms with Crippen molar-refractivity contribution in [1.82, 2.24) is 24.4 Å². The van der Waals surface area contributed by atoms with Crippen molar-refractivity contribution in [2.24, 2.45) is 0 Å². The first-order valence-electron chi connectivity index (χ1n) is 6.46. The van der Waals surface area contributed by atoms with Crippen LogP contribution >= 0.6 is 0 Å². The van der Waals surface area contributed by atoms with Crippen LogP contribution in [0.25, 0.3) is 16.8 Å². The summed E-state index contributed by atoms with van der Waals surface area (Å²) in [5, 5.41) is 8.44. The number of nitrogens with two attached hydrogens (primary N) is 1. The van der Waals surface area contributed by atoms with Gasteiger partial charge in [0.2, 0.25) is 5.95 Å². The van der Waals surface area contributed by atoms with Crippen molar-refractivity contribution in [1.29, 1.82) is 0 Å². The van der Waals surface area contributed by atoms with Gasteiger partial charge in [0.15, 0.2) is 0 Å². The molecule has 0 spiro atoms. The van der Waals surface area contributed by atoms with E-state index in [1.54, 1.807) is 15.4 Å². The average Bonchev–Trinajstić information content (AvgIpc) is 3.06. The van der Waals surface area contributed by atoms with Crippen LogP contribution in [-0.2, 0) is 4.74 Å². The van der Waals surface area contributed by atoms with E-state index in [1.165, 1.54) is 0 Å². The van der Waals surface area contributed by atoms with Crippen molar-refractivity contribution < 1.29 is 4.74 Å². The molecule has 0 aliphatic rings. The van der Waals surface area contributed by atoms with Crippen molar-refractivity contribution in [2.75, 3.05) is 12.3 Å². The molecule has 3 aromatic rings. The second-order valence-corrected chi connectivity index (χ2v) is 4.42. The number of rotatable bonds is 4. The van der Waals surface area contributed by atoms with Gasteiger partial charge in [-0.2, -0.15) is 5.10 Å². The predicted octanol–water partition coefficient (Wildman–Crippen LogP) is 1.73. The lowest BCUT2D eigenvalue weighted by atomic mass is 10.2. The monoisotopic (exact) mass is 272 g/mol. The van der Waals surface area contributed by atoms with Crippen LogP contribution in [0.3, 0.4) is 0 Å². The van der Waals surface area contributed by atoms with E-state index >= 15 is 0 Å². The smallest absolute Gasteiger partial charge is 0.238 e. The molecule has 104 valence electrons. The van der Waals surface area contributed by atoms with Gasteiger partial charge in [-0.15, -0.1) is 5.10 Å². The van der Waals surface area contributed by atoms with E-state index in [2.05, 4.69) is 15.2 Å². The summed E-state index contributed by atoms with van der Waals surface area (Å²) in [5.74, 6) is 0.231. The molecular formula is C13H16N6O. The van der Waals surface area contributed by atoms with Gasteiger partial charge in [0.1, 0.15) is 11.9 Å². The zero-order valence-corrected chi connectivity index (χ0v) is 11.4. The highest BCUT2D eigenvalue weighted by Crippen LogP contribution is 2.23. The topological polar surface area (TPSA) is 83.3 Å². The fraction of sp³-hybridized carbons (Fsp3) is 0.308. The van der Waals surface area contributed by atoms with Gasteiger partial charge in [0.05, 0.1) is 11.7 Å². The van der Waals surface area contributed by atoms with Crippen LogP contribution in [0.15, 0.2) is 30.7 Å². The van der Waals surface area contributed by atoms with Gasteiger partial charge in [0.25, 0.3) is 0 Å². The standard InChI is InChI=1S/C13H16N6O/c1-3-20-9(2)19-8-10(7-15-19)12-11-5-4-6-18(11)17-13(14)16-12/h4-9H,3H2,1-2H3,(H2,14,17). The number of hydrogen-bond acceptors (Lipinski definition) is 5. The maximum atomic E-state index is 5.74. The van der Waals surface area contributed by atoms with E-state index < -0.39 is 0 Å². The Hall–Kier alpha value is -2.41. The van der Waals surface area contributed by atoms with Crippen molar-refractivity contribution in [3.63, 3.8) is 0 Å². The molecule has 0 saturated carbocycles. The van der Waals surface area contributed by atoms with E-state index in [4.69, 9.17) is 10.5 Å². The summed E-state index contributed by atoms with van der Waals surface area (Å²) in [6.07, 6.45) is 5.37. The van der Waals surface area contributed by atoms with Crippen LogP contribution in [0.2, 0.25) is 0 Å². The molecule has 3 heterocycles. The minimum Gasteiger partial charge on any atom is -0.367 e. The lowest BCUT2D eigenvalue weighted by Crippen LogP contribution is -2.09. The summed E-state index contributed by atoms with van der Waals surface area (Å²) >= 11 is 0. The van der Waals surface area contributed by atoms with Crippen molar-refractivity contribution in [3.8, 4) is 11.3 Å². The quantitative estimate of drug-likeness (QED) is 0.782. The highest BCUT2D eigenvalue weighted by molar-refractivity contribution is 5.76. The van der Waals surface area contributed by atoms with Crippen LogP contribution in [0.1, 0.15) is 20.1 Å². The normalized spacial score (nSPS) is 12.9. The first-order valence-corrected chi connectivity index (χ1v) is 6.46. The minimum absolute atomic E-state index is 0.115. The summed E-state index contributed by atoms with van der Waals surface area (Å²) in [4.78, 5) is 4.31. The zero-order chi connectivity index (χ0) is 14.1. The van der Waals surface area contributed by atoms with Gasteiger partial charge in [0, 0.05) is 24.6 Å². The van der Waals surface area contributed by atoms with E-state index in [-0.39, 0.29) is 12.2 Å². The van der Waals surface area contributed by atoms with Crippen LogP contribution < -0.4 is 5.73 Å². The van der Waals surface area contributed by atoms with E-state index in [1.807, 2.05) is 38.4 Å². The van der Waals surface area contributed by atoms with E-state index in [0.717, 1.165) is 16.8 Å². The number of ether oxygens (including phenoxy) is 1. The molecule has 0 bridgehead atoms. The Kier molecular flexibility index (Phi) is 3.11. The Labute approximate surface area is 116 Å². The molecule has 0 amide bonds. The molecule has 1 unspecified atom stereocenters. The maximum Gasteiger partial charge on any atom is 0.238 e. The summed E-state index contributed by atoms with van der Waals surface area (Å²) < 4.78 is 8.98. The molecule has 0 radical (unpaired) electrons. The molecule has 0 aliphatic heterocycles. The van der Waals surface area contributed by atoms with Crippen molar-refractivity contribution in [2.45, 2.75) is 20.1 Å². The summed E-state index contributed by atoms with van der Waals surface area (Å²) in [7, 11) is 0. The van der Waals surface area contributed by atoms with Crippen molar-refractivity contribution in [3.05, 3.63) is 30.7 Å². The van der Waals surface area contributed by atoms with Gasteiger partial charge >= 0.3 is 0 Å². The second-order valence-electron chi connectivity index (χ2n) is 4.42. The Morgan fingerprint density at radius 3 is 3.10 bits per heavy atom. The third-order valence-electron chi connectivity index (χ3n) is 3.06. The molecule has 7 heteroatoms. The van der Waals surface area contributed by atoms with Gasteiger partial charge < -0.3 is 10.5 Å². The molecule has 2 N–H and O–H groups in total. The number of nitrogens with zero attached hydrogens (tertiary/aromatic N) is 5. The fourth-order valence-corrected chi connectivity index (χ4v) is 2.14. The van der Waals surface area contributed by atoms with Gasteiger partial charge in [-0.1, -0.05) is 0 Å². The summed E-state index contributed by atoms with van der Waals surface area (Å²) in [6.45, 7) is 4.54. The lowest BCUT2D eigenvalue weighted by molar-refractivity contribution is 0.0160. The molecule has 0 aliphatic carbocycles. The van der Waals surface area contributed by atoms with E-state index in [0.29, 0.717) is 6.61 Å². The highest BCUT2D eigenvalue weighted by atomic mass is 16.5. The van der Waals surface area contributed by atoms with E-state index in [9.17, 15) is 0 Å². The van der Waals surface area contributed by atoms with Crippen LogP contribution in [0.5, 0.6) is 0 Å². The number of hydrogen-bond donors (Lipinski definition) is 1. The molecular weight excluding hydrogens is 256 g/mol. The Bertz CT molecular complexity index is 731. The van der Waals surface area contributed by atoms with Gasteiger partial charge in [-0.25, -0.2) is 14.2 Å². The van der Waals surface area contributed by atoms with Gasteiger partial charge in [-0.05, 0) is 26.0 Å². The Balaban J connectivity index is 2.05. The molecule has 0 saturated heterocycles. The van der Waals surface area contributed by atoms with Crippen LogP contribution in [-0.4, -0.2) is 31.0 Å². The Morgan fingerprint density at radius 1 is 1.45 bits per heavy atom. The third kappa shape index (κ3) is 2.12. The molecule has 0 aromatic carbocycles. The molecule has 3 aromatic heterocycles. The summed E-state index contributed by atoms with van der Waals surface area (Å²) in [5.41, 5.74) is 8.28. The lowest BCUT2D eigenvalue weighted by Gasteiger charge is -2.11. The highest BCUT2D eigenvalue weighted by Gasteiger charge is 2.12. The summed E-state index contributed by atoms with van der Waals surface area (Å²) in [6, 6.07) is 3.85. The SMILES string of the molecule is CCOC(C)n1cc(-c2nc(N)nn3cccc23)cn1. The first-order chi connectivity index (χ1) is 9.69.